The van der Waals surface area contributed by atoms with Crippen LogP contribution in [-0.4, -0.2) is 19.3 Å². The molecule has 0 fully saturated rings. The van der Waals surface area contributed by atoms with Crippen LogP contribution < -0.4 is 19.8 Å². The molecule has 0 aliphatic rings. The van der Waals surface area contributed by atoms with E-state index < -0.39 is 5.63 Å². The van der Waals surface area contributed by atoms with Crippen molar-refractivity contribution in [2.75, 3.05) is 13.2 Å². The Bertz CT molecular complexity index is 1060. The maximum atomic E-state index is 12.8. The second-order valence-corrected chi connectivity index (χ2v) is 10.4. The fourth-order valence-corrected chi connectivity index (χ4v) is 4.09. The summed E-state index contributed by atoms with van der Waals surface area (Å²) in [6.45, 7) is 13.3. The minimum absolute atomic E-state index is 0.116. The van der Waals surface area contributed by atoms with Crippen LogP contribution in [0.4, 0.5) is 0 Å². The number of allylic oxidation sites excluding steroid dienone is 3. The largest absolute Gasteiger partial charge is 0.493 e. The molecule has 5 heteroatoms. The van der Waals surface area contributed by atoms with E-state index in [0.717, 1.165) is 19.3 Å². The molecule has 2 aromatic rings. The fraction of sp³-hybridized carbons (Fsp3) is 0.594. The van der Waals surface area contributed by atoms with Crippen molar-refractivity contribution in [2.24, 2.45) is 0 Å². The van der Waals surface area contributed by atoms with Crippen molar-refractivity contribution in [2.45, 2.75) is 112 Å². The minimum atomic E-state index is -0.541. The molecule has 0 N–H and O–H groups in total. The molecule has 0 unspecified atom stereocenters. The second-order valence-electron chi connectivity index (χ2n) is 10.4. The van der Waals surface area contributed by atoms with E-state index in [4.69, 9.17) is 18.6 Å². The quantitative estimate of drug-likeness (QED) is 0.113. The molecule has 2 rings (SSSR count). The third kappa shape index (κ3) is 11.5. The molecule has 0 bridgehead atoms. The predicted octanol–water partition coefficient (Wildman–Crippen LogP) is 9.17. The van der Waals surface area contributed by atoms with Crippen LogP contribution in [0.25, 0.3) is 11.0 Å². The lowest BCUT2D eigenvalue weighted by atomic mass is 10.1. The van der Waals surface area contributed by atoms with Crippen molar-refractivity contribution in [1.82, 2.24) is 0 Å². The van der Waals surface area contributed by atoms with Crippen LogP contribution in [0.1, 0.15) is 106 Å². The summed E-state index contributed by atoms with van der Waals surface area (Å²) in [5.74, 6) is 1.23. The second kappa shape index (κ2) is 16.9. The van der Waals surface area contributed by atoms with Gasteiger partial charge in [0, 0.05) is 6.07 Å². The van der Waals surface area contributed by atoms with Gasteiger partial charge in [-0.2, -0.15) is 0 Å². The molecule has 1 aromatic carbocycles. The Morgan fingerprint density at radius 3 is 2.30 bits per heavy atom. The molecule has 0 saturated carbocycles. The van der Waals surface area contributed by atoms with E-state index in [1.807, 2.05) is 26.0 Å². The zero-order valence-corrected chi connectivity index (χ0v) is 24.0. The molecule has 0 spiro atoms. The van der Waals surface area contributed by atoms with Gasteiger partial charge < -0.3 is 18.6 Å². The topological polar surface area (TPSA) is 57.9 Å². The zero-order valence-electron chi connectivity index (χ0n) is 24.0. The molecule has 0 saturated heterocycles. The van der Waals surface area contributed by atoms with E-state index in [2.05, 4.69) is 39.8 Å². The van der Waals surface area contributed by atoms with Gasteiger partial charge >= 0.3 is 5.63 Å². The SMILES string of the molecule is CCCCCCCCCCOc1ccc2c(OCC=C(C)CCC=C(C)C)c(OC(C)C)c(=O)oc2c1. The van der Waals surface area contributed by atoms with Crippen LogP contribution in [0, 0.1) is 0 Å². The lowest BCUT2D eigenvalue weighted by molar-refractivity contribution is 0.216. The Kier molecular flexibility index (Phi) is 14.0. The van der Waals surface area contributed by atoms with Crippen LogP contribution in [0.3, 0.4) is 0 Å². The van der Waals surface area contributed by atoms with Gasteiger partial charge in [-0.25, -0.2) is 4.79 Å². The van der Waals surface area contributed by atoms with Crippen molar-refractivity contribution >= 4 is 11.0 Å². The first-order valence-electron chi connectivity index (χ1n) is 14.1. The Morgan fingerprint density at radius 2 is 1.62 bits per heavy atom. The van der Waals surface area contributed by atoms with E-state index in [9.17, 15) is 4.79 Å². The summed E-state index contributed by atoms with van der Waals surface area (Å²) in [5, 5.41) is 0.699. The number of benzene rings is 1. The minimum Gasteiger partial charge on any atom is -0.493 e. The van der Waals surface area contributed by atoms with Crippen molar-refractivity contribution in [1.29, 1.82) is 0 Å². The van der Waals surface area contributed by atoms with Crippen molar-refractivity contribution < 1.29 is 18.6 Å². The fourth-order valence-electron chi connectivity index (χ4n) is 4.09. The van der Waals surface area contributed by atoms with Crippen molar-refractivity contribution in [3.8, 4) is 17.2 Å². The number of unbranched alkanes of at least 4 members (excludes halogenated alkanes) is 7. The van der Waals surface area contributed by atoms with Crippen LogP contribution >= 0.6 is 0 Å². The average Bonchev–Trinajstić information content (AvgIpc) is 2.84. The first-order valence-corrected chi connectivity index (χ1v) is 14.1. The molecule has 1 aromatic heterocycles. The van der Waals surface area contributed by atoms with Gasteiger partial charge in [0.15, 0.2) is 5.75 Å². The number of rotatable bonds is 18. The van der Waals surface area contributed by atoms with Gasteiger partial charge in [0.2, 0.25) is 5.75 Å². The van der Waals surface area contributed by atoms with Gasteiger partial charge in [-0.3, -0.25) is 0 Å². The van der Waals surface area contributed by atoms with Gasteiger partial charge in [0.1, 0.15) is 17.9 Å². The smallest absolute Gasteiger partial charge is 0.383 e. The Balaban J connectivity index is 2.06. The number of hydrogen-bond donors (Lipinski definition) is 0. The summed E-state index contributed by atoms with van der Waals surface area (Å²) in [7, 11) is 0. The third-order valence-corrected chi connectivity index (χ3v) is 6.16. The first-order chi connectivity index (χ1) is 17.8. The molecule has 1 heterocycles. The van der Waals surface area contributed by atoms with Crippen LogP contribution in [0.15, 0.2) is 50.7 Å². The zero-order chi connectivity index (χ0) is 27.0. The standard InChI is InChI=1S/C32H48O5/c1-7-8-9-10-11-12-13-14-21-34-27-18-19-28-29(23-27)37-32(33)31(36-25(4)5)30(28)35-22-20-26(6)17-15-16-24(2)3/h16,18-20,23,25H,7-15,17,21-22H2,1-6H3. The van der Waals surface area contributed by atoms with Gasteiger partial charge in [-0.05, 0) is 72.1 Å². The van der Waals surface area contributed by atoms with E-state index in [1.165, 1.54) is 56.1 Å². The lowest BCUT2D eigenvalue weighted by Gasteiger charge is -2.15. The summed E-state index contributed by atoms with van der Waals surface area (Å²) in [5.41, 5.74) is 2.46. The molecular weight excluding hydrogens is 464 g/mol. The molecule has 5 nitrogen and oxygen atoms in total. The maximum Gasteiger partial charge on any atom is 0.383 e. The Morgan fingerprint density at radius 1 is 0.919 bits per heavy atom. The highest BCUT2D eigenvalue weighted by Crippen LogP contribution is 2.35. The normalized spacial score (nSPS) is 11.7. The summed E-state index contributed by atoms with van der Waals surface area (Å²) >= 11 is 0. The number of fused-ring (bicyclic) bond motifs is 1. The van der Waals surface area contributed by atoms with Crippen LogP contribution in [0.2, 0.25) is 0 Å². The Labute approximate surface area is 223 Å². The summed E-state index contributed by atoms with van der Waals surface area (Å²) in [4.78, 5) is 12.8. The molecule has 0 aliphatic carbocycles. The highest BCUT2D eigenvalue weighted by atomic mass is 16.5. The molecule has 0 amide bonds. The third-order valence-electron chi connectivity index (χ3n) is 6.16. The first kappa shape index (κ1) is 30.5. The molecule has 0 atom stereocenters. The van der Waals surface area contributed by atoms with Crippen molar-refractivity contribution in [3.05, 3.63) is 51.9 Å². The van der Waals surface area contributed by atoms with Gasteiger partial charge in [0.25, 0.3) is 0 Å². The predicted molar refractivity (Wildman–Crippen MR) is 154 cm³/mol. The van der Waals surface area contributed by atoms with Gasteiger partial charge in [-0.1, -0.05) is 69.1 Å². The highest BCUT2D eigenvalue weighted by Gasteiger charge is 2.19. The van der Waals surface area contributed by atoms with Crippen LogP contribution in [-0.2, 0) is 0 Å². The number of ether oxygens (including phenoxy) is 3. The number of hydrogen-bond acceptors (Lipinski definition) is 5. The van der Waals surface area contributed by atoms with E-state index in [-0.39, 0.29) is 11.9 Å². The van der Waals surface area contributed by atoms with E-state index in [1.54, 1.807) is 6.07 Å². The monoisotopic (exact) mass is 512 g/mol. The lowest BCUT2D eigenvalue weighted by Crippen LogP contribution is -2.15. The van der Waals surface area contributed by atoms with Crippen molar-refractivity contribution in [3.63, 3.8) is 0 Å². The van der Waals surface area contributed by atoms with Gasteiger partial charge in [-0.15, -0.1) is 0 Å². The molecule has 0 radical (unpaired) electrons. The van der Waals surface area contributed by atoms with Gasteiger partial charge in [0.05, 0.1) is 18.1 Å². The maximum absolute atomic E-state index is 12.8. The average molecular weight is 513 g/mol. The summed E-state index contributed by atoms with van der Waals surface area (Å²) in [6.07, 6.45) is 16.1. The summed E-state index contributed by atoms with van der Waals surface area (Å²) < 4.78 is 23.5. The van der Waals surface area contributed by atoms with E-state index >= 15 is 0 Å². The molecular formula is C32H48O5. The van der Waals surface area contributed by atoms with E-state index in [0.29, 0.717) is 35.7 Å². The Hall–Kier alpha value is -2.69. The molecule has 206 valence electrons. The highest BCUT2D eigenvalue weighted by molar-refractivity contribution is 5.86. The molecule has 37 heavy (non-hydrogen) atoms. The van der Waals surface area contributed by atoms with Crippen LogP contribution in [0.5, 0.6) is 17.2 Å². The molecule has 0 aliphatic heterocycles. The summed E-state index contributed by atoms with van der Waals surface area (Å²) in [6, 6.07) is 5.56.